The van der Waals surface area contributed by atoms with Gasteiger partial charge >= 0.3 is 0 Å². The summed E-state index contributed by atoms with van der Waals surface area (Å²) < 4.78 is 4.83. The third kappa shape index (κ3) is 4.48. The van der Waals surface area contributed by atoms with Crippen LogP contribution in [-0.2, 0) is 4.74 Å². The standard InChI is InChI=1S/C13H13ClN4O3S/c1-21-6-5-15-10(19)12-17-18-13(22-12)11(20)16-9-4-2-3-8(14)7-9/h2-4,7H,5-6H2,1H3,(H,15,19)(H,16,20). The summed E-state index contributed by atoms with van der Waals surface area (Å²) in [5.74, 6) is -0.841. The van der Waals surface area contributed by atoms with Crippen molar-refractivity contribution < 1.29 is 14.3 Å². The van der Waals surface area contributed by atoms with Crippen LogP contribution in [0, 0.1) is 0 Å². The first kappa shape index (κ1) is 16.3. The van der Waals surface area contributed by atoms with Crippen molar-refractivity contribution in [2.75, 3.05) is 25.6 Å². The molecule has 22 heavy (non-hydrogen) atoms. The van der Waals surface area contributed by atoms with Gasteiger partial charge in [0.05, 0.1) is 6.61 Å². The lowest BCUT2D eigenvalue weighted by atomic mass is 10.3. The first-order chi connectivity index (χ1) is 10.6. The van der Waals surface area contributed by atoms with Gasteiger partial charge in [-0.2, -0.15) is 0 Å². The Kier molecular flexibility index (Phi) is 5.82. The Morgan fingerprint density at radius 3 is 2.68 bits per heavy atom. The number of rotatable bonds is 6. The van der Waals surface area contributed by atoms with E-state index in [9.17, 15) is 9.59 Å². The van der Waals surface area contributed by atoms with Gasteiger partial charge in [0.15, 0.2) is 0 Å². The predicted molar refractivity (Wildman–Crippen MR) is 83.5 cm³/mol. The molecule has 2 aromatic rings. The van der Waals surface area contributed by atoms with E-state index in [1.165, 1.54) is 7.11 Å². The Labute approximate surface area is 135 Å². The number of aromatic nitrogens is 2. The van der Waals surface area contributed by atoms with Crippen molar-refractivity contribution in [2.24, 2.45) is 0 Å². The van der Waals surface area contributed by atoms with Gasteiger partial charge in [-0.15, -0.1) is 10.2 Å². The van der Waals surface area contributed by atoms with Gasteiger partial charge in [0, 0.05) is 24.4 Å². The van der Waals surface area contributed by atoms with Crippen LogP contribution in [0.15, 0.2) is 24.3 Å². The van der Waals surface area contributed by atoms with Gasteiger partial charge in [-0.3, -0.25) is 9.59 Å². The predicted octanol–water partition coefficient (Wildman–Crippen LogP) is 1.82. The van der Waals surface area contributed by atoms with Gasteiger partial charge in [0.1, 0.15) is 0 Å². The van der Waals surface area contributed by atoms with E-state index >= 15 is 0 Å². The number of hydrogen-bond acceptors (Lipinski definition) is 6. The summed E-state index contributed by atoms with van der Waals surface area (Å²) in [7, 11) is 1.54. The van der Waals surface area contributed by atoms with E-state index in [0.717, 1.165) is 11.3 Å². The summed E-state index contributed by atoms with van der Waals surface area (Å²) in [4.78, 5) is 23.8. The lowest BCUT2D eigenvalue weighted by Gasteiger charge is -2.02. The van der Waals surface area contributed by atoms with Crippen LogP contribution < -0.4 is 10.6 Å². The van der Waals surface area contributed by atoms with Crippen molar-refractivity contribution in [2.45, 2.75) is 0 Å². The van der Waals surface area contributed by atoms with Crippen LogP contribution in [0.25, 0.3) is 0 Å². The third-order valence-electron chi connectivity index (χ3n) is 2.49. The number of halogens is 1. The molecular formula is C13H13ClN4O3S. The van der Waals surface area contributed by atoms with Gasteiger partial charge in [0.25, 0.3) is 11.8 Å². The van der Waals surface area contributed by atoms with Crippen molar-refractivity contribution in [3.63, 3.8) is 0 Å². The van der Waals surface area contributed by atoms with E-state index in [4.69, 9.17) is 16.3 Å². The summed E-state index contributed by atoms with van der Waals surface area (Å²) in [6, 6.07) is 6.72. The summed E-state index contributed by atoms with van der Waals surface area (Å²) in [6.07, 6.45) is 0. The highest BCUT2D eigenvalue weighted by Crippen LogP contribution is 2.17. The highest BCUT2D eigenvalue weighted by Gasteiger charge is 2.17. The minimum atomic E-state index is -0.448. The van der Waals surface area contributed by atoms with Crippen molar-refractivity contribution in [1.82, 2.24) is 15.5 Å². The van der Waals surface area contributed by atoms with Crippen LogP contribution in [0.1, 0.15) is 19.6 Å². The first-order valence-corrected chi connectivity index (χ1v) is 7.47. The first-order valence-electron chi connectivity index (χ1n) is 6.27. The quantitative estimate of drug-likeness (QED) is 0.782. The fourth-order valence-electron chi connectivity index (χ4n) is 1.50. The maximum absolute atomic E-state index is 12.0. The molecule has 2 N–H and O–H groups in total. The number of carbonyl (C=O) groups excluding carboxylic acids is 2. The number of amides is 2. The molecule has 0 unspecified atom stereocenters. The van der Waals surface area contributed by atoms with Crippen molar-refractivity contribution >= 4 is 40.4 Å². The van der Waals surface area contributed by atoms with Crippen LogP contribution in [0.5, 0.6) is 0 Å². The molecule has 0 saturated carbocycles. The third-order valence-corrected chi connectivity index (χ3v) is 3.64. The maximum atomic E-state index is 12.0. The molecule has 7 nitrogen and oxygen atoms in total. The van der Waals surface area contributed by atoms with Gasteiger partial charge in [-0.25, -0.2) is 0 Å². The van der Waals surface area contributed by atoms with Gasteiger partial charge in [0.2, 0.25) is 10.0 Å². The smallest absolute Gasteiger partial charge is 0.286 e. The van der Waals surface area contributed by atoms with Gasteiger partial charge in [-0.1, -0.05) is 29.0 Å². The minimum Gasteiger partial charge on any atom is -0.383 e. The Morgan fingerprint density at radius 2 is 2.00 bits per heavy atom. The van der Waals surface area contributed by atoms with Gasteiger partial charge < -0.3 is 15.4 Å². The van der Waals surface area contributed by atoms with Crippen LogP contribution in [-0.4, -0.2) is 42.3 Å². The number of ether oxygens (including phenoxy) is 1. The largest absolute Gasteiger partial charge is 0.383 e. The molecule has 0 saturated heterocycles. The highest BCUT2D eigenvalue weighted by molar-refractivity contribution is 7.15. The number of hydrogen-bond donors (Lipinski definition) is 2. The average molecular weight is 341 g/mol. The number of nitrogens with zero attached hydrogens (tertiary/aromatic N) is 2. The molecule has 116 valence electrons. The zero-order chi connectivity index (χ0) is 15.9. The Hall–Kier alpha value is -2.03. The van der Waals surface area contributed by atoms with E-state index in [2.05, 4.69) is 20.8 Å². The fraction of sp³-hybridized carbons (Fsp3) is 0.231. The molecular weight excluding hydrogens is 328 g/mol. The van der Waals surface area contributed by atoms with Crippen molar-refractivity contribution in [3.05, 3.63) is 39.3 Å². The van der Waals surface area contributed by atoms with Crippen LogP contribution >= 0.6 is 22.9 Å². The van der Waals surface area contributed by atoms with Crippen LogP contribution in [0.4, 0.5) is 5.69 Å². The molecule has 0 aliphatic carbocycles. The zero-order valence-corrected chi connectivity index (χ0v) is 13.2. The molecule has 0 atom stereocenters. The number of carbonyl (C=O) groups is 2. The van der Waals surface area contributed by atoms with Crippen LogP contribution in [0.3, 0.4) is 0 Å². The molecule has 2 amide bonds. The Bertz CT molecular complexity index is 677. The molecule has 0 aliphatic rings. The Morgan fingerprint density at radius 1 is 1.27 bits per heavy atom. The van der Waals surface area contributed by atoms with Crippen LogP contribution in [0.2, 0.25) is 5.02 Å². The number of methoxy groups -OCH3 is 1. The summed E-state index contributed by atoms with van der Waals surface area (Å²) >= 11 is 6.75. The molecule has 0 bridgehead atoms. The topological polar surface area (TPSA) is 93.2 Å². The highest BCUT2D eigenvalue weighted by atomic mass is 35.5. The molecule has 0 spiro atoms. The maximum Gasteiger partial charge on any atom is 0.286 e. The van der Waals surface area contributed by atoms with E-state index in [1.807, 2.05) is 0 Å². The number of anilines is 1. The zero-order valence-electron chi connectivity index (χ0n) is 11.6. The second-order valence-corrected chi connectivity index (χ2v) is 5.54. The fourth-order valence-corrected chi connectivity index (χ4v) is 2.35. The average Bonchev–Trinajstić information content (AvgIpc) is 2.97. The number of benzene rings is 1. The Balaban J connectivity index is 1.98. The van der Waals surface area contributed by atoms with E-state index in [1.54, 1.807) is 24.3 Å². The molecule has 1 aromatic heterocycles. The molecule has 9 heteroatoms. The lowest BCUT2D eigenvalue weighted by molar-refractivity contribution is 0.0935. The van der Waals surface area contributed by atoms with E-state index < -0.39 is 11.8 Å². The number of nitrogens with one attached hydrogen (secondary N) is 2. The second kappa shape index (κ2) is 7.83. The molecule has 1 aromatic carbocycles. The summed E-state index contributed by atoms with van der Waals surface area (Å²) in [5, 5.41) is 13.4. The van der Waals surface area contributed by atoms with Crippen molar-refractivity contribution in [1.29, 1.82) is 0 Å². The minimum absolute atomic E-state index is 0.0943. The van der Waals surface area contributed by atoms with E-state index in [-0.39, 0.29) is 10.0 Å². The lowest BCUT2D eigenvalue weighted by Crippen LogP contribution is -2.26. The molecule has 0 radical (unpaired) electrons. The van der Waals surface area contributed by atoms with Gasteiger partial charge in [-0.05, 0) is 18.2 Å². The molecule has 0 fully saturated rings. The van der Waals surface area contributed by atoms with E-state index in [0.29, 0.717) is 23.9 Å². The normalized spacial score (nSPS) is 10.3. The summed E-state index contributed by atoms with van der Waals surface area (Å²) in [6.45, 7) is 0.756. The molecule has 2 rings (SSSR count). The second-order valence-electron chi connectivity index (χ2n) is 4.13. The van der Waals surface area contributed by atoms with Crippen molar-refractivity contribution in [3.8, 4) is 0 Å². The molecule has 1 heterocycles. The molecule has 0 aliphatic heterocycles. The monoisotopic (exact) mass is 340 g/mol. The summed E-state index contributed by atoms with van der Waals surface area (Å²) in [5.41, 5.74) is 0.541. The SMILES string of the molecule is COCCNC(=O)c1nnc(C(=O)Nc2cccc(Cl)c2)s1.